The smallest absolute Gasteiger partial charge is 0.331 e. The van der Waals surface area contributed by atoms with Gasteiger partial charge in [-0.25, -0.2) is 9.59 Å². The highest BCUT2D eigenvalue weighted by atomic mass is 32.2. The average molecular weight is 383 g/mol. The van der Waals surface area contributed by atoms with E-state index in [1.165, 1.54) is 11.8 Å². The molecule has 6 nitrogen and oxygen atoms in total. The average Bonchev–Trinajstić information content (AvgIpc) is 2.49. The van der Waals surface area contributed by atoms with E-state index in [1.54, 1.807) is 26.8 Å². The van der Waals surface area contributed by atoms with Gasteiger partial charge in [-0.05, 0) is 59.9 Å². The highest BCUT2D eigenvalue weighted by Gasteiger charge is 2.28. The third-order valence-electron chi connectivity index (χ3n) is 3.03. The second kappa shape index (κ2) is 9.28. The van der Waals surface area contributed by atoms with Crippen LogP contribution in [0, 0.1) is 0 Å². The number of nitrogens with one attached hydrogen (secondary N) is 2. The van der Waals surface area contributed by atoms with E-state index >= 15 is 0 Å². The predicted molar refractivity (Wildman–Crippen MR) is 106 cm³/mol. The maximum atomic E-state index is 12.4. The number of para-hydroxylation sites is 1. The van der Waals surface area contributed by atoms with E-state index in [1.807, 2.05) is 45.2 Å². The molecule has 26 heavy (non-hydrogen) atoms. The lowest BCUT2D eigenvalue weighted by Crippen LogP contribution is -2.49. The Morgan fingerprint density at radius 2 is 1.69 bits per heavy atom. The summed E-state index contributed by atoms with van der Waals surface area (Å²) < 4.78 is 11.1. The molecule has 0 fully saturated rings. The van der Waals surface area contributed by atoms with E-state index in [0.717, 1.165) is 4.90 Å². The first kappa shape index (κ1) is 22.3. The fraction of sp³-hybridized carbons (Fsp3) is 0.579. The molecule has 0 saturated carbocycles. The number of anilines is 1. The highest BCUT2D eigenvalue weighted by molar-refractivity contribution is 7.98. The van der Waals surface area contributed by atoms with Gasteiger partial charge >= 0.3 is 12.0 Å². The Kier molecular flexibility index (Phi) is 7.96. The quantitative estimate of drug-likeness (QED) is 0.573. The predicted octanol–water partition coefficient (Wildman–Crippen LogP) is 4.06. The molecule has 0 radical (unpaired) electrons. The summed E-state index contributed by atoms with van der Waals surface area (Å²) in [6.07, 6.45) is 1.93. The van der Waals surface area contributed by atoms with Crippen molar-refractivity contribution in [3.63, 3.8) is 0 Å². The van der Waals surface area contributed by atoms with E-state index in [4.69, 9.17) is 9.47 Å². The number of carbonyl (C=O) groups excluding carboxylic acids is 2. The van der Waals surface area contributed by atoms with E-state index in [0.29, 0.717) is 5.69 Å². The molecule has 0 aromatic heterocycles. The molecule has 0 spiro atoms. The second-order valence-electron chi connectivity index (χ2n) is 7.81. The van der Waals surface area contributed by atoms with Gasteiger partial charge in [0.15, 0.2) is 6.04 Å². The summed E-state index contributed by atoms with van der Waals surface area (Å²) in [5, 5.41) is 5.43. The van der Waals surface area contributed by atoms with Crippen molar-refractivity contribution in [3.8, 4) is 0 Å². The number of amides is 2. The van der Waals surface area contributed by atoms with E-state index in [2.05, 4.69) is 10.6 Å². The molecule has 146 valence electrons. The molecule has 0 bridgehead atoms. The Balaban J connectivity index is 2.82. The molecule has 2 amide bonds. The van der Waals surface area contributed by atoms with Gasteiger partial charge in [-0.3, -0.25) is 0 Å². The summed E-state index contributed by atoms with van der Waals surface area (Å²) in [7, 11) is 0. The fourth-order valence-corrected chi connectivity index (χ4v) is 2.49. The highest BCUT2D eigenvalue weighted by Crippen LogP contribution is 2.24. The summed E-state index contributed by atoms with van der Waals surface area (Å²) in [5.41, 5.74) is -0.415. The van der Waals surface area contributed by atoms with Crippen LogP contribution in [0.25, 0.3) is 0 Å². The first-order chi connectivity index (χ1) is 11.9. The van der Waals surface area contributed by atoms with Crippen LogP contribution in [0.3, 0.4) is 0 Å². The molecule has 1 rings (SSSR count). The van der Waals surface area contributed by atoms with Crippen LogP contribution in [0.15, 0.2) is 29.2 Å². The van der Waals surface area contributed by atoms with Gasteiger partial charge < -0.3 is 20.1 Å². The largest absolute Gasteiger partial charge is 0.458 e. The molecular formula is C19H30N2O4S. The van der Waals surface area contributed by atoms with Crippen molar-refractivity contribution in [1.29, 1.82) is 0 Å². The number of rotatable bonds is 6. The minimum absolute atomic E-state index is 0.0238. The van der Waals surface area contributed by atoms with Crippen LogP contribution in [0.2, 0.25) is 0 Å². The lowest BCUT2D eigenvalue weighted by atomic mass is 10.1. The van der Waals surface area contributed by atoms with Crippen molar-refractivity contribution in [2.45, 2.75) is 63.7 Å². The standard InChI is InChI=1S/C19H30N2O4S/c1-18(2,3)24-12-14(16(22)25-19(4,5)6)21-17(23)20-13-10-8-9-11-15(13)26-7/h8-11,14H,12H2,1-7H3,(H2,20,21,23). The molecule has 0 aliphatic rings. The molecule has 7 heteroatoms. The molecule has 1 aromatic rings. The minimum Gasteiger partial charge on any atom is -0.458 e. The molecule has 1 atom stereocenters. The number of hydrogen-bond acceptors (Lipinski definition) is 5. The van der Waals surface area contributed by atoms with Gasteiger partial charge in [0, 0.05) is 4.90 Å². The van der Waals surface area contributed by atoms with Crippen LogP contribution in [-0.4, -0.2) is 42.1 Å². The summed E-state index contributed by atoms with van der Waals surface area (Å²) >= 11 is 1.53. The maximum Gasteiger partial charge on any atom is 0.331 e. The van der Waals surface area contributed by atoms with Crippen molar-refractivity contribution < 1.29 is 19.1 Å². The molecular weight excluding hydrogens is 352 g/mol. The zero-order valence-corrected chi connectivity index (χ0v) is 17.5. The van der Waals surface area contributed by atoms with Crippen LogP contribution in [0.1, 0.15) is 41.5 Å². The summed E-state index contributed by atoms with van der Waals surface area (Å²) in [6, 6.07) is 6.06. The van der Waals surface area contributed by atoms with Gasteiger partial charge in [-0.2, -0.15) is 0 Å². The van der Waals surface area contributed by atoms with Crippen LogP contribution >= 0.6 is 11.8 Å². The van der Waals surface area contributed by atoms with Crippen LogP contribution in [0.5, 0.6) is 0 Å². The number of hydrogen-bond donors (Lipinski definition) is 2. The molecule has 0 saturated heterocycles. The Labute approximate surface area is 160 Å². The van der Waals surface area contributed by atoms with Gasteiger partial charge in [0.2, 0.25) is 0 Å². The number of benzene rings is 1. The number of esters is 1. The van der Waals surface area contributed by atoms with Crippen LogP contribution < -0.4 is 10.6 Å². The number of thioether (sulfide) groups is 1. The molecule has 1 unspecified atom stereocenters. The topological polar surface area (TPSA) is 76.7 Å². The van der Waals surface area contributed by atoms with Crippen molar-refractivity contribution in [3.05, 3.63) is 24.3 Å². The Hall–Kier alpha value is -1.73. The Morgan fingerprint density at radius 1 is 1.08 bits per heavy atom. The minimum atomic E-state index is -0.908. The van der Waals surface area contributed by atoms with Gasteiger partial charge in [0.25, 0.3) is 0 Å². The van der Waals surface area contributed by atoms with E-state index < -0.39 is 29.2 Å². The van der Waals surface area contributed by atoms with Crippen LogP contribution in [-0.2, 0) is 14.3 Å². The van der Waals surface area contributed by atoms with Crippen molar-refractivity contribution >= 4 is 29.4 Å². The van der Waals surface area contributed by atoms with Gasteiger partial charge in [0.1, 0.15) is 5.60 Å². The molecule has 2 N–H and O–H groups in total. The zero-order valence-electron chi connectivity index (χ0n) is 16.6. The lowest BCUT2D eigenvalue weighted by molar-refractivity contribution is -0.160. The van der Waals surface area contributed by atoms with E-state index in [-0.39, 0.29) is 6.61 Å². The lowest BCUT2D eigenvalue weighted by Gasteiger charge is -2.27. The second-order valence-corrected chi connectivity index (χ2v) is 8.66. The Morgan fingerprint density at radius 3 is 2.23 bits per heavy atom. The SMILES string of the molecule is CSc1ccccc1NC(=O)NC(COC(C)(C)C)C(=O)OC(C)(C)C. The zero-order chi connectivity index (χ0) is 20.0. The van der Waals surface area contributed by atoms with Crippen molar-refractivity contribution in [2.75, 3.05) is 18.2 Å². The number of ether oxygens (including phenoxy) is 2. The number of urea groups is 1. The molecule has 0 heterocycles. The summed E-state index contributed by atoms with van der Waals surface area (Å²) in [5.74, 6) is -0.532. The molecule has 0 aliphatic carbocycles. The maximum absolute atomic E-state index is 12.4. The van der Waals surface area contributed by atoms with Crippen molar-refractivity contribution in [1.82, 2.24) is 5.32 Å². The molecule has 1 aromatic carbocycles. The summed E-state index contributed by atoms with van der Waals surface area (Å²) in [6.45, 7) is 11.0. The van der Waals surface area contributed by atoms with Crippen molar-refractivity contribution in [2.24, 2.45) is 0 Å². The van der Waals surface area contributed by atoms with Gasteiger partial charge in [-0.15, -0.1) is 11.8 Å². The summed E-state index contributed by atoms with van der Waals surface area (Å²) in [4.78, 5) is 25.8. The van der Waals surface area contributed by atoms with E-state index in [9.17, 15) is 9.59 Å². The first-order valence-electron chi connectivity index (χ1n) is 8.48. The van der Waals surface area contributed by atoms with Gasteiger partial charge in [0.05, 0.1) is 17.9 Å². The third-order valence-corrected chi connectivity index (χ3v) is 3.83. The normalized spacial score (nSPS) is 13.0. The fourth-order valence-electron chi connectivity index (χ4n) is 1.94. The first-order valence-corrected chi connectivity index (χ1v) is 9.71. The number of carbonyl (C=O) groups is 2. The van der Waals surface area contributed by atoms with Gasteiger partial charge in [-0.1, -0.05) is 12.1 Å². The monoisotopic (exact) mass is 382 g/mol. The van der Waals surface area contributed by atoms with Crippen LogP contribution in [0.4, 0.5) is 10.5 Å². The Bertz CT molecular complexity index is 621. The third kappa shape index (κ3) is 8.58. The molecule has 0 aliphatic heterocycles.